The first-order valence-corrected chi connectivity index (χ1v) is 38.2. The van der Waals surface area contributed by atoms with Crippen molar-refractivity contribution in [2.75, 3.05) is 26.2 Å². The first-order chi connectivity index (χ1) is 39.2. The number of nitrogens with zero attached hydrogens (tertiary/aromatic N) is 2. The molecule has 0 aromatic carbocycles. The van der Waals surface area contributed by atoms with E-state index in [4.69, 9.17) is 0 Å². The molecule has 1 atom stereocenters. The molecule has 0 fully saturated rings. The van der Waals surface area contributed by atoms with Gasteiger partial charge in [-0.2, -0.15) is 0 Å². The number of hydrogen-bond acceptors (Lipinski definition) is 2. The van der Waals surface area contributed by atoms with Crippen LogP contribution in [0.15, 0.2) is 0 Å². The standard InChI is InChI=1S/C76H154N2O/c1-6-11-15-19-23-27-31-35-39-43-47-51-55-59-63-67-71-77(72-68-64-60-56-52-48-44-40-36-32-28-24-20-16-12-7-2)75(10-5)76(79)78(73-69-65-61-57-53-49-45-41-37-33-29-25-21-17-13-8-3)74-70-66-62-58-54-50-46-42-38-34-30-26-22-18-14-9-4/h75H,6-74H2,1-5H3. The third-order valence-corrected chi connectivity index (χ3v) is 18.6. The summed E-state index contributed by atoms with van der Waals surface area (Å²) in [6.07, 6.45) is 91.1. The Balaban J connectivity index is 5.18. The van der Waals surface area contributed by atoms with Crippen molar-refractivity contribution in [3.05, 3.63) is 0 Å². The maximum atomic E-state index is 14.9. The third kappa shape index (κ3) is 60.4. The zero-order valence-corrected chi connectivity index (χ0v) is 56.2. The van der Waals surface area contributed by atoms with Crippen molar-refractivity contribution in [2.24, 2.45) is 0 Å². The summed E-state index contributed by atoms with van der Waals surface area (Å²) in [7, 11) is 0. The molecule has 0 aliphatic rings. The van der Waals surface area contributed by atoms with Crippen LogP contribution < -0.4 is 0 Å². The quantitative estimate of drug-likeness (QED) is 0.0567. The number of amides is 1. The predicted octanol–water partition coefficient (Wildman–Crippen LogP) is 26.9. The summed E-state index contributed by atoms with van der Waals surface area (Å²) in [4.78, 5) is 20.0. The first kappa shape index (κ1) is 78.4. The molecule has 0 N–H and O–H groups in total. The second-order valence-corrected chi connectivity index (χ2v) is 26.5. The Morgan fingerprint density at radius 1 is 0.203 bits per heavy atom. The van der Waals surface area contributed by atoms with Crippen LogP contribution in [-0.2, 0) is 4.79 Å². The lowest BCUT2D eigenvalue weighted by molar-refractivity contribution is -0.137. The summed E-state index contributed by atoms with van der Waals surface area (Å²) in [6.45, 7) is 15.8. The maximum absolute atomic E-state index is 14.9. The van der Waals surface area contributed by atoms with Crippen LogP contribution >= 0.6 is 0 Å². The van der Waals surface area contributed by atoms with Crippen LogP contribution in [0.2, 0.25) is 0 Å². The van der Waals surface area contributed by atoms with Crippen LogP contribution in [0.1, 0.15) is 452 Å². The van der Waals surface area contributed by atoms with Gasteiger partial charge in [-0.3, -0.25) is 9.69 Å². The largest absolute Gasteiger partial charge is 0.341 e. The van der Waals surface area contributed by atoms with Crippen LogP contribution in [0.5, 0.6) is 0 Å². The Hall–Kier alpha value is -0.570. The number of hydrogen-bond donors (Lipinski definition) is 0. The molecule has 0 aromatic heterocycles. The molecule has 1 amide bonds. The molecule has 0 aliphatic carbocycles. The lowest BCUT2D eigenvalue weighted by Crippen LogP contribution is -2.49. The minimum atomic E-state index is 0.0646. The van der Waals surface area contributed by atoms with Gasteiger partial charge >= 0.3 is 0 Å². The molecule has 0 radical (unpaired) electrons. The molecule has 3 heteroatoms. The molecule has 3 nitrogen and oxygen atoms in total. The monoisotopic (exact) mass is 1110 g/mol. The first-order valence-electron chi connectivity index (χ1n) is 38.2. The Kier molecular flexibility index (Phi) is 69.4. The summed E-state index contributed by atoms with van der Waals surface area (Å²) >= 11 is 0. The topological polar surface area (TPSA) is 23.6 Å². The van der Waals surface area contributed by atoms with E-state index in [9.17, 15) is 4.79 Å². The van der Waals surface area contributed by atoms with Crippen molar-refractivity contribution in [3.63, 3.8) is 0 Å². The summed E-state index contributed by atoms with van der Waals surface area (Å²) in [5.74, 6) is 0.484. The van der Waals surface area contributed by atoms with Crippen LogP contribution in [0, 0.1) is 0 Å². The van der Waals surface area contributed by atoms with E-state index >= 15 is 0 Å². The molecule has 0 saturated carbocycles. The van der Waals surface area contributed by atoms with E-state index in [1.807, 2.05) is 0 Å². The normalized spacial score (nSPS) is 12.2. The number of unbranched alkanes of at least 4 members (excludes halogenated alkanes) is 60. The lowest BCUT2D eigenvalue weighted by Gasteiger charge is -2.35. The van der Waals surface area contributed by atoms with E-state index in [-0.39, 0.29) is 6.04 Å². The van der Waals surface area contributed by atoms with Crippen molar-refractivity contribution in [1.29, 1.82) is 0 Å². The summed E-state index contributed by atoms with van der Waals surface area (Å²) in [6, 6.07) is 0.0646. The van der Waals surface area contributed by atoms with Crippen molar-refractivity contribution in [3.8, 4) is 0 Å². The molecule has 0 saturated heterocycles. The second-order valence-electron chi connectivity index (χ2n) is 26.5. The van der Waals surface area contributed by atoms with Gasteiger partial charge in [0.15, 0.2) is 0 Å². The van der Waals surface area contributed by atoms with E-state index in [0.717, 1.165) is 32.6 Å². The zero-order chi connectivity index (χ0) is 57.1. The summed E-state index contributed by atoms with van der Waals surface area (Å²) < 4.78 is 0. The molecule has 0 heterocycles. The van der Waals surface area contributed by atoms with Crippen LogP contribution in [0.3, 0.4) is 0 Å². The van der Waals surface area contributed by atoms with Gasteiger partial charge in [0, 0.05) is 13.1 Å². The van der Waals surface area contributed by atoms with E-state index in [1.54, 1.807) is 0 Å². The van der Waals surface area contributed by atoms with Gasteiger partial charge in [0.2, 0.25) is 5.91 Å². The highest BCUT2D eigenvalue weighted by atomic mass is 16.2. The predicted molar refractivity (Wildman–Crippen MR) is 360 cm³/mol. The van der Waals surface area contributed by atoms with Gasteiger partial charge in [0.25, 0.3) is 0 Å². The highest BCUT2D eigenvalue weighted by Crippen LogP contribution is 2.21. The number of rotatable bonds is 71. The molecule has 0 rings (SSSR count). The van der Waals surface area contributed by atoms with E-state index in [2.05, 4.69) is 44.4 Å². The molecular formula is C76H154N2O. The fraction of sp³-hybridized carbons (Fsp3) is 0.987. The van der Waals surface area contributed by atoms with E-state index in [0.29, 0.717) is 5.91 Å². The van der Waals surface area contributed by atoms with Gasteiger partial charge in [0.1, 0.15) is 0 Å². The molecule has 0 bridgehead atoms. The summed E-state index contributed by atoms with van der Waals surface area (Å²) in [5, 5.41) is 0. The SMILES string of the molecule is CCCCCCCCCCCCCCCCCCN(CCCCCCCCCCCCCCCCCC)C(=O)C(CC)N(CCCCCCCCCCCCCCCCCC)CCCCCCCCCCCCCCCCCC. The van der Waals surface area contributed by atoms with Crippen molar-refractivity contribution < 1.29 is 4.79 Å². The van der Waals surface area contributed by atoms with Gasteiger partial charge in [-0.05, 0) is 45.2 Å². The smallest absolute Gasteiger partial charge is 0.239 e. The van der Waals surface area contributed by atoms with E-state index < -0.39 is 0 Å². The highest BCUT2D eigenvalue weighted by molar-refractivity contribution is 5.81. The van der Waals surface area contributed by atoms with Crippen molar-refractivity contribution >= 4 is 5.91 Å². The number of carbonyl (C=O) groups is 1. The molecule has 0 aliphatic heterocycles. The van der Waals surface area contributed by atoms with Crippen LogP contribution in [0.4, 0.5) is 0 Å². The summed E-state index contributed by atoms with van der Waals surface area (Å²) in [5.41, 5.74) is 0. The minimum absolute atomic E-state index is 0.0646. The van der Waals surface area contributed by atoms with Crippen LogP contribution in [-0.4, -0.2) is 47.9 Å². The molecule has 79 heavy (non-hydrogen) atoms. The Morgan fingerprint density at radius 3 is 0.494 bits per heavy atom. The highest BCUT2D eigenvalue weighted by Gasteiger charge is 2.28. The average molecular weight is 1110 g/mol. The third-order valence-electron chi connectivity index (χ3n) is 18.6. The van der Waals surface area contributed by atoms with Gasteiger partial charge in [-0.25, -0.2) is 0 Å². The Bertz CT molecular complexity index is 1020. The average Bonchev–Trinajstić information content (AvgIpc) is 3.47. The lowest BCUT2D eigenvalue weighted by atomic mass is 10.0. The van der Waals surface area contributed by atoms with Crippen molar-refractivity contribution in [2.45, 2.75) is 458 Å². The maximum Gasteiger partial charge on any atom is 0.239 e. The van der Waals surface area contributed by atoms with Crippen LogP contribution in [0.25, 0.3) is 0 Å². The van der Waals surface area contributed by atoms with Gasteiger partial charge in [-0.15, -0.1) is 0 Å². The van der Waals surface area contributed by atoms with Crippen molar-refractivity contribution in [1.82, 2.24) is 9.80 Å². The molecule has 1 unspecified atom stereocenters. The minimum Gasteiger partial charge on any atom is -0.341 e. The second kappa shape index (κ2) is 69.9. The number of carbonyl (C=O) groups excluding carboxylic acids is 1. The van der Waals surface area contributed by atoms with Gasteiger partial charge in [-0.1, -0.05) is 420 Å². The zero-order valence-electron chi connectivity index (χ0n) is 56.2. The molecule has 474 valence electrons. The Morgan fingerprint density at radius 2 is 0.342 bits per heavy atom. The molecule has 0 spiro atoms. The molecule has 0 aromatic rings. The van der Waals surface area contributed by atoms with Gasteiger partial charge < -0.3 is 4.90 Å². The fourth-order valence-electron chi connectivity index (χ4n) is 13.0. The Labute approximate surface area is 502 Å². The fourth-order valence-corrected chi connectivity index (χ4v) is 13.0. The van der Waals surface area contributed by atoms with E-state index in [1.165, 1.54) is 411 Å². The molecular weight excluding hydrogens is 957 g/mol. The van der Waals surface area contributed by atoms with Gasteiger partial charge in [0.05, 0.1) is 6.04 Å².